The molecule has 0 aromatic carbocycles. The number of carbonyl (C=O) groups is 2. The fourth-order valence-electron chi connectivity index (χ4n) is 2.01. The van der Waals surface area contributed by atoms with Crippen molar-refractivity contribution in [3.63, 3.8) is 0 Å². The molecule has 1 aromatic heterocycles. The first-order valence-electron chi connectivity index (χ1n) is 6.02. The second-order valence-corrected chi connectivity index (χ2v) is 4.67. The van der Waals surface area contributed by atoms with Crippen LogP contribution < -0.4 is 0 Å². The molecule has 1 heterocycles. The second-order valence-electron chi connectivity index (χ2n) is 4.67. The summed E-state index contributed by atoms with van der Waals surface area (Å²) in [5, 5.41) is 12.9. The quantitative estimate of drug-likeness (QED) is 0.840. The molecule has 1 aromatic rings. The van der Waals surface area contributed by atoms with Gasteiger partial charge in [-0.1, -0.05) is 0 Å². The zero-order valence-electron chi connectivity index (χ0n) is 10.6. The van der Waals surface area contributed by atoms with Crippen molar-refractivity contribution >= 4 is 11.9 Å². The number of aryl methyl sites for hydroxylation is 2. The molecule has 1 aliphatic rings. The standard InChI is InChI=1S/C12H17N3O3/c1-8-7-10(14(2)13-8)12(18)15(9-3-4-9)6-5-11(16)17/h7,9H,3-6H2,1-2H3,(H,16,17). The molecule has 98 valence electrons. The molecule has 0 spiro atoms. The van der Waals surface area contributed by atoms with Crippen LogP contribution in [-0.2, 0) is 11.8 Å². The maximum atomic E-state index is 12.3. The zero-order valence-corrected chi connectivity index (χ0v) is 10.6. The highest BCUT2D eigenvalue weighted by Crippen LogP contribution is 2.28. The van der Waals surface area contributed by atoms with Crippen LogP contribution in [0, 0.1) is 6.92 Å². The van der Waals surface area contributed by atoms with Gasteiger partial charge in [0, 0.05) is 19.6 Å². The van der Waals surface area contributed by atoms with Gasteiger partial charge in [-0.2, -0.15) is 5.10 Å². The van der Waals surface area contributed by atoms with E-state index < -0.39 is 5.97 Å². The first-order valence-corrected chi connectivity index (χ1v) is 6.02. The molecule has 0 unspecified atom stereocenters. The summed E-state index contributed by atoms with van der Waals surface area (Å²) >= 11 is 0. The summed E-state index contributed by atoms with van der Waals surface area (Å²) in [6.07, 6.45) is 1.91. The number of nitrogens with zero attached hydrogens (tertiary/aromatic N) is 3. The monoisotopic (exact) mass is 251 g/mol. The number of carbonyl (C=O) groups excluding carboxylic acids is 1. The Morgan fingerprint density at radius 2 is 2.22 bits per heavy atom. The molecule has 2 rings (SSSR count). The van der Waals surface area contributed by atoms with Crippen molar-refractivity contribution in [1.29, 1.82) is 0 Å². The van der Waals surface area contributed by atoms with Crippen LogP contribution in [0.2, 0.25) is 0 Å². The molecule has 0 radical (unpaired) electrons. The molecule has 6 heteroatoms. The molecule has 0 aliphatic heterocycles. The van der Waals surface area contributed by atoms with E-state index in [1.807, 2.05) is 6.92 Å². The highest BCUT2D eigenvalue weighted by atomic mass is 16.4. The lowest BCUT2D eigenvalue weighted by Crippen LogP contribution is -2.36. The van der Waals surface area contributed by atoms with E-state index in [1.54, 1.807) is 22.7 Å². The maximum absolute atomic E-state index is 12.3. The SMILES string of the molecule is Cc1cc(C(=O)N(CCC(=O)O)C2CC2)n(C)n1. The summed E-state index contributed by atoms with van der Waals surface area (Å²) in [6.45, 7) is 2.10. The molecule has 1 amide bonds. The van der Waals surface area contributed by atoms with Crippen molar-refractivity contribution in [3.8, 4) is 0 Å². The van der Waals surface area contributed by atoms with E-state index in [4.69, 9.17) is 5.11 Å². The molecular weight excluding hydrogens is 234 g/mol. The van der Waals surface area contributed by atoms with E-state index in [9.17, 15) is 9.59 Å². The van der Waals surface area contributed by atoms with Gasteiger partial charge in [-0.05, 0) is 25.8 Å². The van der Waals surface area contributed by atoms with Gasteiger partial charge in [0.05, 0.1) is 12.1 Å². The predicted octanol–water partition coefficient (Wildman–Crippen LogP) is 0.808. The minimum Gasteiger partial charge on any atom is -0.481 e. The van der Waals surface area contributed by atoms with Gasteiger partial charge in [0.15, 0.2) is 0 Å². The largest absolute Gasteiger partial charge is 0.481 e. The van der Waals surface area contributed by atoms with Crippen LogP contribution in [0.1, 0.15) is 35.4 Å². The number of hydrogen-bond donors (Lipinski definition) is 1. The number of aromatic nitrogens is 2. The average Bonchev–Trinajstić information content (AvgIpc) is 3.04. The van der Waals surface area contributed by atoms with E-state index >= 15 is 0 Å². The third-order valence-corrected chi connectivity index (χ3v) is 3.04. The Morgan fingerprint density at radius 1 is 1.56 bits per heavy atom. The Morgan fingerprint density at radius 3 is 2.67 bits per heavy atom. The summed E-state index contributed by atoms with van der Waals surface area (Å²) in [5.41, 5.74) is 1.31. The lowest BCUT2D eigenvalue weighted by molar-refractivity contribution is -0.137. The number of amides is 1. The molecule has 1 saturated carbocycles. The molecule has 6 nitrogen and oxygen atoms in total. The number of rotatable bonds is 5. The molecular formula is C12H17N3O3. The van der Waals surface area contributed by atoms with E-state index in [2.05, 4.69) is 5.10 Å². The van der Waals surface area contributed by atoms with Crippen LogP contribution in [0.4, 0.5) is 0 Å². The lowest BCUT2D eigenvalue weighted by Gasteiger charge is -2.21. The van der Waals surface area contributed by atoms with Crippen LogP contribution in [0.25, 0.3) is 0 Å². The first kappa shape index (κ1) is 12.6. The summed E-state index contributed by atoms with van der Waals surface area (Å²) < 4.78 is 1.55. The molecule has 0 saturated heterocycles. The molecule has 18 heavy (non-hydrogen) atoms. The molecule has 0 bridgehead atoms. The molecule has 1 aliphatic carbocycles. The Balaban J connectivity index is 2.12. The predicted molar refractivity (Wildman–Crippen MR) is 64.3 cm³/mol. The lowest BCUT2D eigenvalue weighted by atomic mass is 10.3. The zero-order chi connectivity index (χ0) is 13.3. The number of hydrogen-bond acceptors (Lipinski definition) is 3. The number of carboxylic acids is 1. The highest BCUT2D eigenvalue weighted by molar-refractivity contribution is 5.93. The minimum absolute atomic E-state index is 0.0148. The second kappa shape index (κ2) is 4.80. The normalized spacial score (nSPS) is 14.6. The third-order valence-electron chi connectivity index (χ3n) is 3.04. The van der Waals surface area contributed by atoms with Crippen LogP contribution in [0.5, 0.6) is 0 Å². The topological polar surface area (TPSA) is 75.4 Å². The Kier molecular flexibility index (Phi) is 3.36. The first-order chi connectivity index (χ1) is 8.49. The maximum Gasteiger partial charge on any atom is 0.305 e. The van der Waals surface area contributed by atoms with Gasteiger partial charge in [-0.25, -0.2) is 0 Å². The van der Waals surface area contributed by atoms with Crippen molar-refractivity contribution in [2.24, 2.45) is 7.05 Å². The van der Waals surface area contributed by atoms with Crippen molar-refractivity contribution in [2.45, 2.75) is 32.2 Å². The number of aliphatic carboxylic acids is 1. The van der Waals surface area contributed by atoms with Crippen molar-refractivity contribution < 1.29 is 14.7 Å². The van der Waals surface area contributed by atoms with Gasteiger partial charge in [0.25, 0.3) is 5.91 Å². The summed E-state index contributed by atoms with van der Waals surface area (Å²) in [5.74, 6) is -1.00. The van der Waals surface area contributed by atoms with E-state index in [1.165, 1.54) is 0 Å². The molecule has 1 fully saturated rings. The van der Waals surface area contributed by atoms with Crippen molar-refractivity contribution in [2.75, 3.05) is 6.54 Å². The van der Waals surface area contributed by atoms with Gasteiger partial charge in [0.1, 0.15) is 5.69 Å². The van der Waals surface area contributed by atoms with Crippen LogP contribution >= 0.6 is 0 Å². The van der Waals surface area contributed by atoms with Gasteiger partial charge in [-0.15, -0.1) is 0 Å². The van der Waals surface area contributed by atoms with Crippen molar-refractivity contribution in [1.82, 2.24) is 14.7 Å². The van der Waals surface area contributed by atoms with Gasteiger partial charge >= 0.3 is 5.97 Å². The summed E-state index contributed by atoms with van der Waals surface area (Å²) in [7, 11) is 1.72. The van der Waals surface area contributed by atoms with E-state index in [0.29, 0.717) is 5.69 Å². The van der Waals surface area contributed by atoms with Crippen LogP contribution in [0.3, 0.4) is 0 Å². The fraction of sp³-hybridized carbons (Fsp3) is 0.583. The van der Waals surface area contributed by atoms with Gasteiger partial charge in [-0.3, -0.25) is 14.3 Å². The number of carboxylic acid groups (broad SMARTS) is 1. The van der Waals surface area contributed by atoms with Crippen LogP contribution in [0.15, 0.2) is 6.07 Å². The highest BCUT2D eigenvalue weighted by Gasteiger charge is 2.34. The van der Waals surface area contributed by atoms with Crippen molar-refractivity contribution in [3.05, 3.63) is 17.5 Å². The molecule has 0 atom stereocenters. The van der Waals surface area contributed by atoms with Crippen LogP contribution in [-0.4, -0.2) is 44.3 Å². The van der Waals surface area contributed by atoms with Gasteiger partial charge in [0.2, 0.25) is 0 Å². The Labute approximate surface area is 105 Å². The third kappa shape index (κ3) is 2.69. The smallest absolute Gasteiger partial charge is 0.305 e. The van der Waals surface area contributed by atoms with E-state index in [0.717, 1.165) is 18.5 Å². The van der Waals surface area contributed by atoms with E-state index in [-0.39, 0.29) is 24.9 Å². The minimum atomic E-state index is -0.880. The molecule has 1 N–H and O–H groups in total. The summed E-state index contributed by atoms with van der Waals surface area (Å²) in [4.78, 5) is 24.6. The average molecular weight is 251 g/mol. The summed E-state index contributed by atoms with van der Waals surface area (Å²) in [6, 6.07) is 1.94. The fourth-order valence-corrected chi connectivity index (χ4v) is 2.01. The Bertz CT molecular complexity index is 477. The Hall–Kier alpha value is -1.85. The van der Waals surface area contributed by atoms with Gasteiger partial charge < -0.3 is 10.0 Å².